The van der Waals surface area contributed by atoms with E-state index in [4.69, 9.17) is 0 Å². The standard InChI is InChI=1S/C15H14N4OS2/c1-9-17-14(19-5-4-16-12(20)7-19)13-10(8-22-15(13)18-9)11-3-2-6-21-11/h2-3,6,8H,4-5,7H2,1H3,(H,16,20). The maximum Gasteiger partial charge on any atom is 0.239 e. The molecule has 1 N–H and O–H groups in total. The van der Waals surface area contributed by atoms with Crippen LogP contribution in [0.5, 0.6) is 0 Å². The Morgan fingerprint density at radius 2 is 2.23 bits per heavy atom. The molecule has 0 saturated carbocycles. The molecule has 112 valence electrons. The number of nitrogens with one attached hydrogen (secondary N) is 1. The SMILES string of the molecule is Cc1nc(N2CCNC(=O)C2)c2c(-c3cccs3)csc2n1. The van der Waals surface area contributed by atoms with Gasteiger partial charge in [0.25, 0.3) is 0 Å². The Balaban J connectivity index is 1.92. The molecule has 22 heavy (non-hydrogen) atoms. The van der Waals surface area contributed by atoms with E-state index in [1.807, 2.05) is 13.0 Å². The van der Waals surface area contributed by atoms with Crippen molar-refractivity contribution in [3.8, 4) is 10.4 Å². The molecule has 1 saturated heterocycles. The number of amides is 1. The van der Waals surface area contributed by atoms with Gasteiger partial charge in [0.15, 0.2) is 0 Å². The smallest absolute Gasteiger partial charge is 0.239 e. The van der Waals surface area contributed by atoms with Crippen LogP contribution >= 0.6 is 22.7 Å². The number of anilines is 1. The van der Waals surface area contributed by atoms with Crippen molar-refractivity contribution >= 4 is 44.6 Å². The lowest BCUT2D eigenvalue weighted by Gasteiger charge is -2.28. The highest BCUT2D eigenvalue weighted by Gasteiger charge is 2.23. The molecule has 1 aliphatic rings. The highest BCUT2D eigenvalue weighted by atomic mass is 32.1. The fraction of sp³-hybridized carbons (Fsp3) is 0.267. The van der Waals surface area contributed by atoms with Gasteiger partial charge in [0.05, 0.1) is 11.9 Å². The summed E-state index contributed by atoms with van der Waals surface area (Å²) in [6.07, 6.45) is 0. The maximum absolute atomic E-state index is 11.7. The molecule has 4 rings (SSSR count). The van der Waals surface area contributed by atoms with Gasteiger partial charge in [0.2, 0.25) is 5.91 Å². The Hall–Kier alpha value is -1.99. The minimum absolute atomic E-state index is 0.0450. The van der Waals surface area contributed by atoms with Crippen molar-refractivity contribution in [1.29, 1.82) is 0 Å². The molecule has 0 spiro atoms. The Labute approximate surface area is 135 Å². The van der Waals surface area contributed by atoms with Gasteiger partial charge in [-0.2, -0.15) is 0 Å². The first-order chi connectivity index (χ1) is 10.7. The molecule has 0 unspecified atom stereocenters. The Morgan fingerprint density at radius 1 is 1.32 bits per heavy atom. The van der Waals surface area contributed by atoms with Gasteiger partial charge in [-0.3, -0.25) is 4.79 Å². The van der Waals surface area contributed by atoms with Crippen LogP contribution in [-0.4, -0.2) is 35.5 Å². The molecule has 0 radical (unpaired) electrons. The summed E-state index contributed by atoms with van der Waals surface area (Å²) in [4.78, 5) is 25.2. The van der Waals surface area contributed by atoms with Gasteiger partial charge in [-0.15, -0.1) is 22.7 Å². The lowest BCUT2D eigenvalue weighted by Crippen LogP contribution is -2.48. The Bertz CT molecular complexity index is 841. The fourth-order valence-corrected chi connectivity index (χ4v) is 4.49. The van der Waals surface area contributed by atoms with Crippen LogP contribution in [0.15, 0.2) is 22.9 Å². The van der Waals surface area contributed by atoms with E-state index < -0.39 is 0 Å². The van der Waals surface area contributed by atoms with Crippen molar-refractivity contribution < 1.29 is 4.79 Å². The van der Waals surface area contributed by atoms with Gasteiger partial charge in [0.1, 0.15) is 16.5 Å². The van der Waals surface area contributed by atoms with Crippen molar-refractivity contribution in [2.45, 2.75) is 6.92 Å². The van der Waals surface area contributed by atoms with Crippen molar-refractivity contribution in [1.82, 2.24) is 15.3 Å². The predicted octanol–water partition coefficient (Wildman–Crippen LogP) is 2.66. The quantitative estimate of drug-likeness (QED) is 0.785. The van der Waals surface area contributed by atoms with Crippen LogP contribution in [0, 0.1) is 6.92 Å². The molecule has 1 amide bonds. The van der Waals surface area contributed by atoms with Crippen LogP contribution in [0.1, 0.15) is 5.82 Å². The van der Waals surface area contributed by atoms with E-state index in [9.17, 15) is 4.79 Å². The van der Waals surface area contributed by atoms with Crippen LogP contribution in [0.4, 0.5) is 5.82 Å². The van der Waals surface area contributed by atoms with E-state index in [1.165, 1.54) is 4.88 Å². The van der Waals surface area contributed by atoms with Crippen LogP contribution in [0.3, 0.4) is 0 Å². The summed E-state index contributed by atoms with van der Waals surface area (Å²) in [6, 6.07) is 4.16. The Kier molecular flexibility index (Phi) is 3.31. The molecule has 1 aliphatic heterocycles. The largest absolute Gasteiger partial charge is 0.353 e. The fourth-order valence-electron chi connectivity index (χ4n) is 2.69. The van der Waals surface area contributed by atoms with Crippen molar-refractivity contribution in [2.75, 3.05) is 24.5 Å². The Morgan fingerprint density at radius 3 is 3.00 bits per heavy atom. The zero-order valence-corrected chi connectivity index (χ0v) is 13.6. The number of thiophene rings is 2. The van der Waals surface area contributed by atoms with Gasteiger partial charge in [-0.05, 0) is 18.4 Å². The first-order valence-electron chi connectivity index (χ1n) is 7.04. The highest BCUT2D eigenvalue weighted by molar-refractivity contribution is 7.18. The second kappa shape index (κ2) is 5.33. The minimum Gasteiger partial charge on any atom is -0.353 e. The van der Waals surface area contributed by atoms with E-state index in [0.717, 1.165) is 34.0 Å². The number of nitrogens with zero attached hydrogens (tertiary/aromatic N) is 3. The van der Waals surface area contributed by atoms with Gasteiger partial charge in [-0.25, -0.2) is 9.97 Å². The average molecular weight is 330 g/mol. The number of aryl methyl sites for hydroxylation is 1. The summed E-state index contributed by atoms with van der Waals surface area (Å²) in [5, 5.41) is 8.13. The minimum atomic E-state index is 0.0450. The zero-order valence-electron chi connectivity index (χ0n) is 12.0. The van der Waals surface area contributed by atoms with E-state index >= 15 is 0 Å². The molecule has 0 aliphatic carbocycles. The zero-order chi connectivity index (χ0) is 15.1. The van der Waals surface area contributed by atoms with E-state index in [1.54, 1.807) is 22.7 Å². The van der Waals surface area contributed by atoms with Gasteiger partial charge >= 0.3 is 0 Å². The summed E-state index contributed by atoms with van der Waals surface area (Å²) in [5.41, 5.74) is 1.16. The number of aromatic nitrogens is 2. The molecule has 4 heterocycles. The van der Waals surface area contributed by atoms with Crippen molar-refractivity contribution in [3.63, 3.8) is 0 Å². The summed E-state index contributed by atoms with van der Waals surface area (Å²) in [6.45, 7) is 3.68. The number of piperazine rings is 1. The number of carbonyl (C=O) groups excluding carboxylic acids is 1. The summed E-state index contributed by atoms with van der Waals surface area (Å²) < 4.78 is 0. The molecule has 5 nitrogen and oxygen atoms in total. The molecule has 3 aromatic heterocycles. The first kappa shape index (κ1) is 13.7. The lowest BCUT2D eigenvalue weighted by molar-refractivity contribution is -0.120. The monoisotopic (exact) mass is 330 g/mol. The van der Waals surface area contributed by atoms with E-state index in [2.05, 4.69) is 37.0 Å². The third-order valence-corrected chi connectivity index (χ3v) is 5.43. The first-order valence-corrected chi connectivity index (χ1v) is 8.79. The lowest BCUT2D eigenvalue weighted by atomic mass is 10.2. The third kappa shape index (κ3) is 2.26. The van der Waals surface area contributed by atoms with E-state index in [0.29, 0.717) is 13.1 Å². The normalized spacial score (nSPS) is 15.3. The number of carbonyl (C=O) groups is 1. The maximum atomic E-state index is 11.7. The van der Waals surface area contributed by atoms with Crippen LogP contribution in [-0.2, 0) is 4.79 Å². The third-order valence-electron chi connectivity index (χ3n) is 3.65. The van der Waals surface area contributed by atoms with Gasteiger partial charge < -0.3 is 10.2 Å². The van der Waals surface area contributed by atoms with Crippen molar-refractivity contribution in [3.05, 3.63) is 28.7 Å². The second-order valence-electron chi connectivity index (χ2n) is 5.17. The molecule has 3 aromatic rings. The van der Waals surface area contributed by atoms with Gasteiger partial charge in [0, 0.05) is 28.9 Å². The van der Waals surface area contributed by atoms with Gasteiger partial charge in [-0.1, -0.05) is 6.07 Å². The number of rotatable bonds is 2. The summed E-state index contributed by atoms with van der Waals surface area (Å²) >= 11 is 3.34. The molecular weight excluding hydrogens is 316 g/mol. The molecular formula is C15H14N4OS2. The molecule has 0 atom stereocenters. The van der Waals surface area contributed by atoms with Crippen LogP contribution in [0.2, 0.25) is 0 Å². The number of hydrogen-bond acceptors (Lipinski definition) is 6. The predicted molar refractivity (Wildman–Crippen MR) is 90.7 cm³/mol. The molecule has 7 heteroatoms. The molecule has 0 aromatic carbocycles. The summed E-state index contributed by atoms with van der Waals surface area (Å²) in [7, 11) is 0. The van der Waals surface area contributed by atoms with Crippen LogP contribution < -0.4 is 10.2 Å². The highest BCUT2D eigenvalue weighted by Crippen LogP contribution is 2.40. The van der Waals surface area contributed by atoms with Crippen molar-refractivity contribution in [2.24, 2.45) is 0 Å². The summed E-state index contributed by atoms with van der Waals surface area (Å²) in [5.74, 6) is 1.67. The molecule has 0 bridgehead atoms. The topological polar surface area (TPSA) is 58.1 Å². The second-order valence-corrected chi connectivity index (χ2v) is 6.98. The molecule has 1 fully saturated rings. The van der Waals surface area contributed by atoms with E-state index in [-0.39, 0.29) is 5.91 Å². The average Bonchev–Trinajstić information content (AvgIpc) is 3.14. The number of hydrogen-bond donors (Lipinski definition) is 1. The number of fused-ring (bicyclic) bond motifs is 1. The van der Waals surface area contributed by atoms with Crippen LogP contribution in [0.25, 0.3) is 20.7 Å².